The highest BCUT2D eigenvalue weighted by Gasteiger charge is 2.17. The predicted octanol–water partition coefficient (Wildman–Crippen LogP) is 5.37. The van der Waals surface area contributed by atoms with E-state index in [1.165, 1.54) is 58.5 Å². The van der Waals surface area contributed by atoms with Crippen LogP contribution in [0.1, 0.15) is 110 Å². The van der Waals surface area contributed by atoms with Crippen LogP contribution in [0.15, 0.2) is 12.2 Å². The quantitative estimate of drug-likeness (QED) is 0.129. The highest BCUT2D eigenvalue weighted by atomic mass is 16.6. The molecule has 0 aliphatic heterocycles. The summed E-state index contributed by atoms with van der Waals surface area (Å²) in [7, 11) is 1.23. The molecule has 0 fully saturated rings. The van der Waals surface area contributed by atoms with Gasteiger partial charge in [-0.15, -0.1) is 0 Å². The van der Waals surface area contributed by atoms with Crippen LogP contribution in [0, 0.1) is 0 Å². The fourth-order valence-corrected chi connectivity index (χ4v) is 3.11. The van der Waals surface area contributed by atoms with Crippen LogP contribution in [0.4, 0.5) is 0 Å². The van der Waals surface area contributed by atoms with Gasteiger partial charge in [-0.25, -0.2) is 0 Å². The fraction of sp³-hybridized carbons (Fsp3) is 0.792. The number of carbonyl (C=O) groups excluding carboxylic acids is 3. The molecule has 174 valence electrons. The molecule has 0 aromatic heterocycles. The standard InChI is InChI=1S/C24H43NO5/c1-3-4-5-6-7-8-9-10-11-12-13-14-15-16-17-18-22(26)30-23(27)20-19-21(25)24(28)29-2/h10-11,21H,3-9,12-20,25H2,1-2H3/b11-10-/t21-/m0/s1. The Hall–Kier alpha value is -1.69. The van der Waals surface area contributed by atoms with Gasteiger partial charge in [0, 0.05) is 12.8 Å². The molecule has 0 aromatic rings. The summed E-state index contributed by atoms with van der Waals surface area (Å²) in [5.41, 5.74) is 5.53. The summed E-state index contributed by atoms with van der Waals surface area (Å²) in [5, 5.41) is 0. The lowest BCUT2D eigenvalue weighted by Crippen LogP contribution is -2.32. The zero-order chi connectivity index (χ0) is 22.5. The number of esters is 3. The number of allylic oxidation sites excluding steroid dienone is 2. The van der Waals surface area contributed by atoms with Gasteiger partial charge in [0.05, 0.1) is 7.11 Å². The van der Waals surface area contributed by atoms with Gasteiger partial charge in [-0.2, -0.15) is 0 Å². The second-order valence-corrected chi connectivity index (χ2v) is 7.85. The lowest BCUT2D eigenvalue weighted by Gasteiger charge is -2.08. The molecule has 0 saturated carbocycles. The molecule has 0 rings (SSSR count). The number of hydrogen-bond acceptors (Lipinski definition) is 6. The van der Waals surface area contributed by atoms with Crippen LogP contribution in [0.25, 0.3) is 0 Å². The fourth-order valence-electron chi connectivity index (χ4n) is 3.11. The van der Waals surface area contributed by atoms with Crippen LogP contribution in [0.5, 0.6) is 0 Å². The normalized spacial score (nSPS) is 12.1. The van der Waals surface area contributed by atoms with Crippen molar-refractivity contribution in [3.05, 3.63) is 12.2 Å². The molecule has 0 aliphatic carbocycles. The second kappa shape index (κ2) is 20.6. The Kier molecular flexibility index (Phi) is 19.4. The first-order valence-electron chi connectivity index (χ1n) is 11.7. The first-order chi connectivity index (χ1) is 14.5. The van der Waals surface area contributed by atoms with E-state index in [0.29, 0.717) is 0 Å². The SMILES string of the molecule is CCCCCCCC/C=C\CCCCCCCC(=O)OC(=O)CC[C@H](N)C(=O)OC. The van der Waals surface area contributed by atoms with E-state index in [9.17, 15) is 14.4 Å². The van der Waals surface area contributed by atoms with Gasteiger partial charge in [0.15, 0.2) is 0 Å². The average Bonchev–Trinajstić information content (AvgIpc) is 2.74. The molecule has 0 unspecified atom stereocenters. The Bertz CT molecular complexity index is 490. The summed E-state index contributed by atoms with van der Waals surface area (Å²) in [6, 6.07) is -0.872. The lowest BCUT2D eigenvalue weighted by molar-refractivity contribution is -0.159. The van der Waals surface area contributed by atoms with E-state index >= 15 is 0 Å². The molecule has 0 radical (unpaired) electrons. The van der Waals surface area contributed by atoms with Gasteiger partial charge in [-0.05, 0) is 38.5 Å². The Balaban J connectivity index is 3.47. The molecule has 0 amide bonds. The molecule has 6 nitrogen and oxygen atoms in total. The summed E-state index contributed by atoms with van der Waals surface area (Å²) >= 11 is 0. The Morgan fingerprint density at radius 1 is 0.767 bits per heavy atom. The molecule has 0 heterocycles. The van der Waals surface area contributed by atoms with Crippen LogP contribution >= 0.6 is 0 Å². The van der Waals surface area contributed by atoms with E-state index in [-0.39, 0.29) is 19.3 Å². The minimum absolute atomic E-state index is 0.0750. The largest absolute Gasteiger partial charge is 0.468 e. The molecule has 0 aromatic carbocycles. The molecule has 0 spiro atoms. The van der Waals surface area contributed by atoms with Gasteiger partial charge in [0.25, 0.3) is 0 Å². The lowest BCUT2D eigenvalue weighted by atomic mass is 10.1. The molecule has 0 bridgehead atoms. The van der Waals surface area contributed by atoms with Crippen molar-refractivity contribution in [2.45, 2.75) is 116 Å². The van der Waals surface area contributed by atoms with E-state index in [0.717, 1.165) is 32.1 Å². The smallest absolute Gasteiger partial charge is 0.322 e. The molecule has 30 heavy (non-hydrogen) atoms. The third-order valence-corrected chi connectivity index (χ3v) is 5.03. The molecule has 1 atom stereocenters. The van der Waals surface area contributed by atoms with Crippen molar-refractivity contribution >= 4 is 17.9 Å². The van der Waals surface area contributed by atoms with E-state index in [2.05, 4.69) is 23.8 Å². The number of ether oxygens (including phenoxy) is 2. The monoisotopic (exact) mass is 425 g/mol. The Morgan fingerprint density at radius 3 is 1.83 bits per heavy atom. The van der Waals surface area contributed by atoms with Crippen molar-refractivity contribution in [1.29, 1.82) is 0 Å². The van der Waals surface area contributed by atoms with Gasteiger partial charge < -0.3 is 15.2 Å². The average molecular weight is 426 g/mol. The maximum absolute atomic E-state index is 11.6. The summed E-state index contributed by atoms with van der Waals surface area (Å²) in [6.45, 7) is 2.25. The third-order valence-electron chi connectivity index (χ3n) is 5.03. The van der Waals surface area contributed by atoms with Gasteiger partial charge in [-0.1, -0.05) is 70.4 Å². The number of methoxy groups -OCH3 is 1. The number of rotatable bonds is 19. The Morgan fingerprint density at radius 2 is 1.27 bits per heavy atom. The maximum Gasteiger partial charge on any atom is 0.322 e. The van der Waals surface area contributed by atoms with Gasteiger partial charge in [0.2, 0.25) is 0 Å². The first kappa shape index (κ1) is 28.3. The molecule has 0 saturated heterocycles. The van der Waals surface area contributed by atoms with Gasteiger partial charge in [0.1, 0.15) is 6.04 Å². The van der Waals surface area contributed by atoms with Crippen LogP contribution in [0.3, 0.4) is 0 Å². The van der Waals surface area contributed by atoms with Crippen LogP contribution in [-0.4, -0.2) is 31.1 Å². The molecule has 0 aliphatic rings. The van der Waals surface area contributed by atoms with Gasteiger partial charge in [-0.3, -0.25) is 14.4 Å². The number of unbranched alkanes of at least 4 members (excludes halogenated alkanes) is 11. The van der Waals surface area contributed by atoms with Crippen molar-refractivity contribution in [2.75, 3.05) is 7.11 Å². The highest BCUT2D eigenvalue weighted by molar-refractivity contribution is 5.85. The van der Waals surface area contributed by atoms with Crippen molar-refractivity contribution in [1.82, 2.24) is 0 Å². The van der Waals surface area contributed by atoms with E-state index in [4.69, 9.17) is 10.5 Å². The minimum atomic E-state index is -0.872. The predicted molar refractivity (Wildman–Crippen MR) is 120 cm³/mol. The van der Waals surface area contributed by atoms with Crippen LogP contribution in [-0.2, 0) is 23.9 Å². The molecule has 6 heteroatoms. The number of hydrogen-bond donors (Lipinski definition) is 1. The molecular formula is C24H43NO5. The number of nitrogens with two attached hydrogens (primary N) is 1. The van der Waals surface area contributed by atoms with Crippen LogP contribution in [0.2, 0.25) is 0 Å². The zero-order valence-corrected chi connectivity index (χ0v) is 19.2. The van der Waals surface area contributed by atoms with Crippen molar-refractivity contribution in [3.63, 3.8) is 0 Å². The van der Waals surface area contributed by atoms with E-state index < -0.39 is 23.9 Å². The molecule has 2 N–H and O–H groups in total. The zero-order valence-electron chi connectivity index (χ0n) is 19.2. The minimum Gasteiger partial charge on any atom is -0.468 e. The second-order valence-electron chi connectivity index (χ2n) is 7.85. The third kappa shape index (κ3) is 18.3. The van der Waals surface area contributed by atoms with Crippen LogP contribution < -0.4 is 5.73 Å². The van der Waals surface area contributed by atoms with Gasteiger partial charge >= 0.3 is 17.9 Å². The highest BCUT2D eigenvalue weighted by Crippen LogP contribution is 2.10. The van der Waals surface area contributed by atoms with Crippen molar-refractivity contribution in [2.24, 2.45) is 5.73 Å². The van der Waals surface area contributed by atoms with E-state index in [1.54, 1.807) is 0 Å². The van der Waals surface area contributed by atoms with E-state index in [1.807, 2.05) is 0 Å². The number of carbonyl (C=O) groups is 3. The Labute approximate surface area is 182 Å². The van der Waals surface area contributed by atoms with Crippen molar-refractivity contribution in [3.8, 4) is 0 Å². The molecular weight excluding hydrogens is 382 g/mol. The van der Waals surface area contributed by atoms with Crippen molar-refractivity contribution < 1.29 is 23.9 Å². The topological polar surface area (TPSA) is 95.7 Å². The summed E-state index contributed by atoms with van der Waals surface area (Å²) in [6.07, 6.45) is 20.4. The summed E-state index contributed by atoms with van der Waals surface area (Å²) in [5.74, 6) is -1.74. The first-order valence-corrected chi connectivity index (χ1v) is 11.7. The maximum atomic E-state index is 11.6. The summed E-state index contributed by atoms with van der Waals surface area (Å²) < 4.78 is 9.21. The summed E-state index contributed by atoms with van der Waals surface area (Å²) in [4.78, 5) is 34.4.